The molecule has 0 radical (unpaired) electrons. The number of nitrogens with one attached hydrogen (secondary N) is 1. The number of fused-ring (bicyclic) bond motifs is 1. The van der Waals surface area contributed by atoms with E-state index in [9.17, 15) is 4.79 Å². The number of aromatic nitrogens is 3. The fourth-order valence-electron chi connectivity index (χ4n) is 3.28. The first-order valence-corrected chi connectivity index (χ1v) is 10.7. The molecule has 1 amide bonds. The van der Waals surface area contributed by atoms with Crippen LogP contribution in [0.2, 0.25) is 5.02 Å². The van der Waals surface area contributed by atoms with Gasteiger partial charge in [-0.3, -0.25) is 4.79 Å². The van der Waals surface area contributed by atoms with E-state index < -0.39 is 0 Å². The monoisotopic (exact) mass is 439 g/mol. The second-order valence-corrected chi connectivity index (χ2v) is 8.37. The molecule has 7 nitrogen and oxygen atoms in total. The quantitative estimate of drug-likeness (QED) is 0.508. The van der Waals surface area contributed by atoms with Crippen molar-refractivity contribution < 1.29 is 9.53 Å². The molecule has 0 atom stereocenters. The van der Waals surface area contributed by atoms with Crippen molar-refractivity contribution in [2.24, 2.45) is 0 Å². The summed E-state index contributed by atoms with van der Waals surface area (Å²) in [5, 5.41) is 10.9. The third-order valence-electron chi connectivity index (χ3n) is 5.02. The van der Waals surface area contributed by atoms with E-state index in [1.54, 1.807) is 17.1 Å². The Morgan fingerprint density at radius 2 is 2.13 bits per heavy atom. The van der Waals surface area contributed by atoms with E-state index in [-0.39, 0.29) is 11.9 Å². The van der Waals surface area contributed by atoms with Crippen molar-refractivity contribution in [2.45, 2.75) is 6.04 Å². The smallest absolute Gasteiger partial charge is 0.261 e. The molecular weight excluding hydrogens is 422 g/mol. The third kappa shape index (κ3) is 3.43. The summed E-state index contributed by atoms with van der Waals surface area (Å²) in [7, 11) is 1.95. The number of rotatable bonds is 5. The molecule has 3 aromatic heterocycles. The Hall–Kier alpha value is -2.94. The molecular formula is C21H18ClN5O2S. The summed E-state index contributed by atoms with van der Waals surface area (Å²) in [4.78, 5) is 19.6. The number of hydrogen-bond acceptors (Lipinski definition) is 6. The van der Waals surface area contributed by atoms with Crippen molar-refractivity contribution in [3.8, 4) is 5.69 Å². The van der Waals surface area contributed by atoms with Gasteiger partial charge in [0.1, 0.15) is 0 Å². The number of carbonyl (C=O) groups excluding carboxylic acids is 1. The highest BCUT2D eigenvalue weighted by Gasteiger charge is 2.22. The van der Waals surface area contributed by atoms with Crippen LogP contribution in [-0.4, -0.2) is 47.0 Å². The van der Waals surface area contributed by atoms with Gasteiger partial charge in [-0.2, -0.15) is 5.10 Å². The zero-order valence-corrected chi connectivity index (χ0v) is 17.7. The van der Waals surface area contributed by atoms with Crippen molar-refractivity contribution in [2.75, 3.05) is 25.2 Å². The highest BCUT2D eigenvalue weighted by molar-refractivity contribution is 7.12. The molecule has 1 N–H and O–H groups in total. The summed E-state index contributed by atoms with van der Waals surface area (Å²) in [6.45, 7) is 1.14. The summed E-state index contributed by atoms with van der Waals surface area (Å²) in [6.07, 6.45) is 3.57. The molecule has 30 heavy (non-hydrogen) atoms. The van der Waals surface area contributed by atoms with E-state index in [2.05, 4.69) is 15.4 Å². The lowest BCUT2D eigenvalue weighted by Gasteiger charge is -2.26. The van der Waals surface area contributed by atoms with Crippen LogP contribution < -0.4 is 10.2 Å². The van der Waals surface area contributed by atoms with E-state index in [4.69, 9.17) is 16.3 Å². The lowest BCUT2D eigenvalue weighted by Crippen LogP contribution is -2.48. The second-order valence-electron chi connectivity index (χ2n) is 7.05. The number of halogens is 1. The van der Waals surface area contributed by atoms with Gasteiger partial charge in [0.15, 0.2) is 5.65 Å². The first-order chi connectivity index (χ1) is 14.6. The lowest BCUT2D eigenvalue weighted by molar-refractivity contribution is -0.00338. The van der Waals surface area contributed by atoms with E-state index in [0.29, 0.717) is 23.1 Å². The average Bonchev–Trinajstić information content (AvgIpc) is 3.37. The van der Waals surface area contributed by atoms with Crippen molar-refractivity contribution in [1.82, 2.24) is 20.1 Å². The Morgan fingerprint density at radius 1 is 1.30 bits per heavy atom. The number of hydrogen-bond donors (Lipinski definition) is 1. The van der Waals surface area contributed by atoms with E-state index in [0.717, 1.165) is 28.1 Å². The molecule has 0 spiro atoms. The topological polar surface area (TPSA) is 72.3 Å². The first-order valence-electron chi connectivity index (χ1n) is 9.40. The molecule has 9 heteroatoms. The van der Waals surface area contributed by atoms with Crippen LogP contribution in [0.15, 0.2) is 54.2 Å². The van der Waals surface area contributed by atoms with E-state index in [1.807, 2.05) is 53.7 Å². The average molecular weight is 440 g/mol. The van der Waals surface area contributed by atoms with Crippen LogP contribution >= 0.6 is 22.9 Å². The maximum atomic E-state index is 12.4. The van der Waals surface area contributed by atoms with Crippen LogP contribution in [0.3, 0.4) is 0 Å². The van der Waals surface area contributed by atoms with Crippen LogP contribution in [-0.2, 0) is 4.74 Å². The van der Waals surface area contributed by atoms with Crippen LogP contribution in [0.25, 0.3) is 16.7 Å². The number of pyridine rings is 1. The first kappa shape index (κ1) is 19.0. The summed E-state index contributed by atoms with van der Waals surface area (Å²) >= 11 is 7.71. The van der Waals surface area contributed by atoms with Crippen molar-refractivity contribution in [3.63, 3.8) is 0 Å². The minimum atomic E-state index is -0.0902. The van der Waals surface area contributed by atoms with Gasteiger partial charge in [-0.1, -0.05) is 23.7 Å². The van der Waals surface area contributed by atoms with Crippen LogP contribution in [0, 0.1) is 0 Å². The molecule has 0 saturated carbocycles. The molecule has 0 unspecified atom stereocenters. The number of para-hydroxylation sites is 1. The molecule has 1 saturated heterocycles. The van der Waals surface area contributed by atoms with Crippen LogP contribution in [0.4, 0.5) is 11.4 Å². The lowest BCUT2D eigenvalue weighted by atomic mass is 10.2. The van der Waals surface area contributed by atoms with Gasteiger partial charge in [0.2, 0.25) is 0 Å². The maximum Gasteiger partial charge on any atom is 0.261 e. The maximum absolute atomic E-state index is 12.4. The van der Waals surface area contributed by atoms with Gasteiger partial charge >= 0.3 is 0 Å². The van der Waals surface area contributed by atoms with Crippen molar-refractivity contribution >= 4 is 51.3 Å². The Labute approximate surface area is 181 Å². The molecule has 1 fully saturated rings. The highest BCUT2D eigenvalue weighted by atomic mass is 35.5. The molecule has 1 aliphatic rings. The molecule has 1 aliphatic heterocycles. The van der Waals surface area contributed by atoms with Gasteiger partial charge in [0.05, 0.1) is 58.6 Å². The largest absolute Gasteiger partial charge is 0.377 e. The van der Waals surface area contributed by atoms with Gasteiger partial charge in [0.25, 0.3) is 5.91 Å². The SMILES string of the molecule is CN(c1cnc2c(cnn2-c2csc(C(=O)NC3COC3)c2)c1)c1ccccc1Cl. The number of nitrogens with zero attached hydrogens (tertiary/aromatic N) is 4. The minimum Gasteiger partial charge on any atom is -0.377 e. The van der Waals surface area contributed by atoms with Gasteiger partial charge < -0.3 is 15.0 Å². The molecule has 0 aliphatic carbocycles. The number of thiophene rings is 1. The second kappa shape index (κ2) is 7.71. The molecule has 152 valence electrons. The normalized spacial score (nSPS) is 13.9. The zero-order chi connectivity index (χ0) is 20.7. The van der Waals surface area contributed by atoms with Gasteiger partial charge in [-0.25, -0.2) is 9.67 Å². The van der Waals surface area contributed by atoms with Crippen molar-refractivity contribution in [1.29, 1.82) is 0 Å². The van der Waals surface area contributed by atoms with Crippen LogP contribution in [0.5, 0.6) is 0 Å². The highest BCUT2D eigenvalue weighted by Crippen LogP contribution is 2.31. The zero-order valence-electron chi connectivity index (χ0n) is 16.1. The molecule has 4 heterocycles. The Kier molecular flexibility index (Phi) is 4.90. The number of anilines is 2. The Morgan fingerprint density at radius 3 is 2.90 bits per heavy atom. The van der Waals surface area contributed by atoms with Gasteiger partial charge in [0, 0.05) is 17.8 Å². The number of carbonyl (C=O) groups is 1. The fraction of sp³-hybridized carbons (Fsp3) is 0.190. The van der Waals surface area contributed by atoms with E-state index in [1.165, 1.54) is 11.3 Å². The summed E-state index contributed by atoms with van der Waals surface area (Å²) in [6, 6.07) is 11.6. The molecule has 4 aromatic rings. The number of benzene rings is 1. The van der Waals surface area contributed by atoms with Crippen LogP contribution in [0.1, 0.15) is 9.67 Å². The Bertz CT molecular complexity index is 1230. The van der Waals surface area contributed by atoms with Gasteiger partial charge in [-0.05, 0) is 24.3 Å². The van der Waals surface area contributed by atoms with E-state index >= 15 is 0 Å². The fourth-order valence-corrected chi connectivity index (χ4v) is 4.31. The predicted octanol–water partition coefficient (Wildman–Crippen LogP) is 4.03. The molecule has 1 aromatic carbocycles. The standard InChI is InChI=1S/C21H18ClN5O2S/c1-26(18-5-3-2-4-17(18)22)15-6-13-8-24-27(20(13)23-9-15)16-7-19(30-12-16)21(28)25-14-10-29-11-14/h2-9,12,14H,10-11H2,1H3,(H,25,28). The third-order valence-corrected chi connectivity index (χ3v) is 6.26. The summed E-state index contributed by atoms with van der Waals surface area (Å²) < 4.78 is 6.84. The molecule has 0 bridgehead atoms. The molecule has 5 rings (SSSR count). The number of ether oxygens (including phenoxy) is 1. The minimum absolute atomic E-state index is 0.0902. The van der Waals surface area contributed by atoms with Crippen molar-refractivity contribution in [3.05, 3.63) is 64.1 Å². The predicted molar refractivity (Wildman–Crippen MR) is 118 cm³/mol. The summed E-state index contributed by atoms with van der Waals surface area (Å²) in [5.74, 6) is -0.0902. The number of amides is 1. The van der Waals surface area contributed by atoms with Gasteiger partial charge in [-0.15, -0.1) is 11.3 Å². The summed E-state index contributed by atoms with van der Waals surface area (Å²) in [5.41, 5.74) is 3.34. The Balaban J connectivity index is 1.42.